The molecule has 1 N–H and O–H groups in total. The minimum absolute atomic E-state index is 0.0907. The largest absolute Gasteiger partial charge is 0.350 e. The van der Waals surface area contributed by atoms with Crippen LogP contribution >= 0.6 is 0 Å². The molecule has 1 fully saturated rings. The SMILES string of the molecule is O=C(NCC1CCCN(CCc2ccccc2)C1)c1onc2c1CCCC2. The Balaban J connectivity index is 1.25. The summed E-state index contributed by atoms with van der Waals surface area (Å²) in [6.07, 6.45) is 7.58. The van der Waals surface area contributed by atoms with Crippen LogP contribution in [-0.4, -0.2) is 42.1 Å². The van der Waals surface area contributed by atoms with E-state index in [4.69, 9.17) is 4.52 Å². The Bertz CT molecular complexity index is 756. The second kappa shape index (κ2) is 8.70. The van der Waals surface area contributed by atoms with Crippen LogP contribution in [0, 0.1) is 5.92 Å². The van der Waals surface area contributed by atoms with Gasteiger partial charge in [0.2, 0.25) is 5.76 Å². The van der Waals surface area contributed by atoms with Crippen LogP contribution in [0.3, 0.4) is 0 Å². The molecular weight excluding hydrogens is 338 g/mol. The predicted octanol–water partition coefficient (Wildman–Crippen LogP) is 3.24. The third-order valence-electron chi connectivity index (χ3n) is 5.88. The van der Waals surface area contributed by atoms with Crippen molar-refractivity contribution in [1.29, 1.82) is 0 Å². The molecule has 1 aliphatic carbocycles. The van der Waals surface area contributed by atoms with Crippen molar-refractivity contribution in [3.05, 3.63) is 52.9 Å². The van der Waals surface area contributed by atoms with Crippen LogP contribution in [0.1, 0.15) is 53.1 Å². The normalized spacial score (nSPS) is 20.2. The predicted molar refractivity (Wildman–Crippen MR) is 105 cm³/mol. The Hall–Kier alpha value is -2.14. The molecule has 1 atom stereocenters. The van der Waals surface area contributed by atoms with Crippen LogP contribution in [0.15, 0.2) is 34.9 Å². The molecule has 1 aromatic heterocycles. The van der Waals surface area contributed by atoms with E-state index in [0.29, 0.717) is 11.7 Å². The summed E-state index contributed by atoms with van der Waals surface area (Å²) in [5, 5.41) is 7.19. The lowest BCUT2D eigenvalue weighted by molar-refractivity contribution is 0.0895. The number of hydrogen-bond acceptors (Lipinski definition) is 4. The molecule has 1 unspecified atom stereocenters. The van der Waals surface area contributed by atoms with Gasteiger partial charge in [0, 0.05) is 25.2 Å². The van der Waals surface area contributed by atoms with E-state index in [-0.39, 0.29) is 5.91 Å². The Morgan fingerprint density at radius 1 is 1.19 bits per heavy atom. The first-order valence-electron chi connectivity index (χ1n) is 10.3. The fourth-order valence-electron chi connectivity index (χ4n) is 4.34. The molecule has 5 heteroatoms. The van der Waals surface area contributed by atoms with Crippen molar-refractivity contribution in [3.63, 3.8) is 0 Å². The monoisotopic (exact) mass is 367 g/mol. The van der Waals surface area contributed by atoms with Crippen molar-refractivity contribution in [2.75, 3.05) is 26.2 Å². The summed E-state index contributed by atoms with van der Waals surface area (Å²) in [7, 11) is 0. The average molecular weight is 367 g/mol. The zero-order valence-corrected chi connectivity index (χ0v) is 16.0. The number of aromatic nitrogens is 1. The average Bonchev–Trinajstić information content (AvgIpc) is 3.16. The fraction of sp³-hybridized carbons (Fsp3) is 0.545. The summed E-state index contributed by atoms with van der Waals surface area (Å²) < 4.78 is 5.36. The third-order valence-corrected chi connectivity index (χ3v) is 5.88. The lowest BCUT2D eigenvalue weighted by Gasteiger charge is -2.32. The van der Waals surface area contributed by atoms with Gasteiger partial charge >= 0.3 is 0 Å². The zero-order valence-electron chi connectivity index (χ0n) is 16.0. The Labute approximate surface area is 161 Å². The number of nitrogens with one attached hydrogen (secondary N) is 1. The van der Waals surface area contributed by atoms with Gasteiger partial charge in [-0.1, -0.05) is 35.5 Å². The first-order chi connectivity index (χ1) is 13.3. The molecule has 0 saturated carbocycles. The molecular formula is C22H29N3O2. The standard InChI is InChI=1S/C22H29N3O2/c26-22(21-19-10-4-5-11-20(19)24-27-21)23-15-18-9-6-13-25(16-18)14-12-17-7-2-1-3-8-17/h1-3,7-8,18H,4-6,9-16H2,(H,23,26). The van der Waals surface area contributed by atoms with Gasteiger partial charge in [-0.3, -0.25) is 4.79 Å². The van der Waals surface area contributed by atoms with Crippen LogP contribution in [0.4, 0.5) is 0 Å². The van der Waals surface area contributed by atoms with Crippen LogP contribution in [0.5, 0.6) is 0 Å². The van der Waals surface area contributed by atoms with Gasteiger partial charge in [0.1, 0.15) is 0 Å². The zero-order chi connectivity index (χ0) is 18.5. The van der Waals surface area contributed by atoms with E-state index in [9.17, 15) is 4.79 Å². The molecule has 5 nitrogen and oxygen atoms in total. The fourth-order valence-corrected chi connectivity index (χ4v) is 4.34. The van der Waals surface area contributed by atoms with Gasteiger partial charge in [0.25, 0.3) is 5.91 Å². The van der Waals surface area contributed by atoms with Crippen molar-refractivity contribution >= 4 is 5.91 Å². The highest BCUT2D eigenvalue weighted by Gasteiger charge is 2.25. The molecule has 2 heterocycles. The maximum Gasteiger partial charge on any atom is 0.290 e. The summed E-state index contributed by atoms with van der Waals surface area (Å²) in [4.78, 5) is 15.1. The van der Waals surface area contributed by atoms with Crippen LogP contribution in [0.25, 0.3) is 0 Å². The quantitative estimate of drug-likeness (QED) is 0.852. The number of carbonyl (C=O) groups excluding carboxylic acids is 1. The lowest BCUT2D eigenvalue weighted by atomic mass is 9.95. The van der Waals surface area contributed by atoms with Gasteiger partial charge in [-0.25, -0.2) is 0 Å². The maximum atomic E-state index is 12.6. The van der Waals surface area contributed by atoms with Gasteiger partial charge in [-0.2, -0.15) is 0 Å². The van der Waals surface area contributed by atoms with E-state index in [0.717, 1.165) is 69.5 Å². The number of benzene rings is 1. The molecule has 2 aliphatic rings. The second-order valence-corrected chi connectivity index (χ2v) is 7.90. The number of hydrogen-bond donors (Lipinski definition) is 1. The smallest absolute Gasteiger partial charge is 0.290 e. The Kier molecular flexibility index (Phi) is 5.87. The molecule has 1 aromatic carbocycles. The molecule has 0 radical (unpaired) electrons. The summed E-state index contributed by atoms with van der Waals surface area (Å²) in [5.41, 5.74) is 3.41. The van der Waals surface area contributed by atoms with Gasteiger partial charge in [0.05, 0.1) is 5.69 Å². The molecule has 2 aromatic rings. The van der Waals surface area contributed by atoms with Crippen molar-refractivity contribution < 1.29 is 9.32 Å². The number of rotatable bonds is 6. The van der Waals surface area contributed by atoms with E-state index >= 15 is 0 Å². The minimum atomic E-state index is -0.0907. The summed E-state index contributed by atoms with van der Waals surface area (Å²) in [6, 6.07) is 10.7. The Morgan fingerprint density at radius 3 is 2.93 bits per heavy atom. The van der Waals surface area contributed by atoms with E-state index in [1.807, 2.05) is 0 Å². The highest BCUT2D eigenvalue weighted by atomic mass is 16.5. The highest BCUT2D eigenvalue weighted by molar-refractivity contribution is 5.93. The Morgan fingerprint density at radius 2 is 2.04 bits per heavy atom. The molecule has 1 amide bonds. The minimum Gasteiger partial charge on any atom is -0.350 e. The molecule has 0 spiro atoms. The number of fused-ring (bicyclic) bond motifs is 1. The van der Waals surface area contributed by atoms with Gasteiger partial charge < -0.3 is 14.7 Å². The maximum absolute atomic E-state index is 12.6. The van der Waals surface area contributed by atoms with E-state index < -0.39 is 0 Å². The summed E-state index contributed by atoms with van der Waals surface area (Å²) in [5.74, 6) is 0.866. The van der Waals surface area contributed by atoms with Crippen molar-refractivity contribution in [1.82, 2.24) is 15.4 Å². The van der Waals surface area contributed by atoms with Crippen molar-refractivity contribution in [2.45, 2.75) is 44.9 Å². The van der Waals surface area contributed by atoms with Gasteiger partial charge in [0.15, 0.2) is 0 Å². The number of piperidine rings is 1. The van der Waals surface area contributed by atoms with Crippen molar-refractivity contribution in [2.24, 2.45) is 5.92 Å². The number of carbonyl (C=O) groups is 1. The van der Waals surface area contributed by atoms with Gasteiger partial charge in [-0.05, 0) is 63.0 Å². The van der Waals surface area contributed by atoms with E-state index in [1.54, 1.807) is 0 Å². The van der Waals surface area contributed by atoms with E-state index in [1.165, 1.54) is 18.4 Å². The van der Waals surface area contributed by atoms with E-state index in [2.05, 4.69) is 45.7 Å². The van der Waals surface area contributed by atoms with Crippen molar-refractivity contribution in [3.8, 4) is 0 Å². The van der Waals surface area contributed by atoms with Crippen LogP contribution in [0.2, 0.25) is 0 Å². The number of likely N-dealkylation sites (tertiary alicyclic amines) is 1. The van der Waals surface area contributed by atoms with Crippen LogP contribution in [-0.2, 0) is 19.3 Å². The topological polar surface area (TPSA) is 58.4 Å². The third kappa shape index (κ3) is 4.59. The number of amides is 1. The first-order valence-corrected chi connectivity index (χ1v) is 10.3. The molecule has 144 valence electrons. The highest BCUT2D eigenvalue weighted by Crippen LogP contribution is 2.24. The molecule has 0 bridgehead atoms. The lowest BCUT2D eigenvalue weighted by Crippen LogP contribution is -2.41. The number of nitrogens with zero attached hydrogens (tertiary/aromatic N) is 2. The van der Waals surface area contributed by atoms with Crippen LogP contribution < -0.4 is 5.32 Å². The first kappa shape index (κ1) is 18.2. The summed E-state index contributed by atoms with van der Waals surface area (Å²) >= 11 is 0. The van der Waals surface area contributed by atoms with Gasteiger partial charge in [-0.15, -0.1) is 0 Å². The second-order valence-electron chi connectivity index (χ2n) is 7.90. The number of aryl methyl sites for hydroxylation is 1. The summed E-state index contributed by atoms with van der Waals surface area (Å²) in [6.45, 7) is 4.02. The molecule has 1 aliphatic heterocycles. The molecule has 27 heavy (non-hydrogen) atoms. The molecule has 1 saturated heterocycles. The molecule has 4 rings (SSSR count).